The van der Waals surface area contributed by atoms with Gasteiger partial charge >= 0.3 is 0 Å². The van der Waals surface area contributed by atoms with E-state index in [2.05, 4.69) is 29.2 Å². The van der Waals surface area contributed by atoms with E-state index in [0.717, 1.165) is 46.1 Å². The molecule has 1 N–H and O–H groups in total. The van der Waals surface area contributed by atoms with Crippen LogP contribution in [-0.4, -0.2) is 59.0 Å². The molecule has 4 rings (SSSR count). The van der Waals surface area contributed by atoms with Gasteiger partial charge < -0.3 is 10.1 Å². The predicted octanol–water partition coefficient (Wildman–Crippen LogP) is 3.23. The zero-order chi connectivity index (χ0) is 19.7. The number of para-hydroxylation sites is 1. The SMILES string of the molecule is Cc1nn(-c2ccccc2)c2sc(C(=O)NCCN3CC(C)OC(C)C3)cc12. The fourth-order valence-corrected chi connectivity index (χ4v) is 4.88. The minimum absolute atomic E-state index is 0.0189. The topological polar surface area (TPSA) is 59.4 Å². The van der Waals surface area contributed by atoms with E-state index in [1.807, 2.05) is 48.0 Å². The molecule has 1 saturated heterocycles. The van der Waals surface area contributed by atoms with Gasteiger partial charge in [0.15, 0.2) is 0 Å². The van der Waals surface area contributed by atoms with E-state index in [-0.39, 0.29) is 18.1 Å². The van der Waals surface area contributed by atoms with Crippen molar-refractivity contribution in [2.75, 3.05) is 26.2 Å². The Kier molecular flexibility index (Phi) is 5.48. The molecule has 3 aromatic rings. The number of ether oxygens (including phenoxy) is 1. The molecule has 1 aliphatic heterocycles. The summed E-state index contributed by atoms with van der Waals surface area (Å²) in [7, 11) is 0. The maximum absolute atomic E-state index is 12.7. The molecule has 148 valence electrons. The number of hydrogen-bond acceptors (Lipinski definition) is 5. The van der Waals surface area contributed by atoms with Crippen molar-refractivity contribution >= 4 is 27.5 Å². The second-order valence-corrected chi connectivity index (χ2v) is 8.47. The number of benzene rings is 1. The smallest absolute Gasteiger partial charge is 0.261 e. The highest BCUT2D eigenvalue weighted by Crippen LogP contribution is 2.30. The van der Waals surface area contributed by atoms with Crippen molar-refractivity contribution in [2.45, 2.75) is 33.0 Å². The van der Waals surface area contributed by atoms with Crippen molar-refractivity contribution in [3.8, 4) is 5.69 Å². The first-order valence-electron chi connectivity index (χ1n) is 9.72. The van der Waals surface area contributed by atoms with Crippen LogP contribution in [0.2, 0.25) is 0 Å². The van der Waals surface area contributed by atoms with E-state index in [9.17, 15) is 4.79 Å². The van der Waals surface area contributed by atoms with Gasteiger partial charge in [-0.3, -0.25) is 9.69 Å². The summed E-state index contributed by atoms with van der Waals surface area (Å²) in [5.74, 6) is -0.0189. The zero-order valence-corrected chi connectivity index (χ0v) is 17.3. The van der Waals surface area contributed by atoms with E-state index in [1.54, 1.807) is 0 Å². The van der Waals surface area contributed by atoms with Crippen LogP contribution in [0, 0.1) is 6.92 Å². The van der Waals surface area contributed by atoms with Gasteiger partial charge in [-0.05, 0) is 39.0 Å². The van der Waals surface area contributed by atoms with Crippen LogP contribution >= 0.6 is 11.3 Å². The van der Waals surface area contributed by atoms with E-state index in [0.29, 0.717) is 6.54 Å². The van der Waals surface area contributed by atoms with Gasteiger partial charge in [0, 0.05) is 31.6 Å². The number of aryl methyl sites for hydroxylation is 1. The molecule has 0 saturated carbocycles. The summed E-state index contributed by atoms with van der Waals surface area (Å²) in [5.41, 5.74) is 1.94. The molecule has 3 heterocycles. The molecule has 0 radical (unpaired) electrons. The highest BCUT2D eigenvalue weighted by atomic mass is 32.1. The highest BCUT2D eigenvalue weighted by Gasteiger charge is 2.22. The van der Waals surface area contributed by atoms with Crippen molar-refractivity contribution in [3.63, 3.8) is 0 Å². The van der Waals surface area contributed by atoms with Crippen LogP contribution in [0.5, 0.6) is 0 Å². The minimum atomic E-state index is -0.0189. The monoisotopic (exact) mass is 398 g/mol. The first-order chi connectivity index (χ1) is 13.5. The number of thiophene rings is 1. The van der Waals surface area contributed by atoms with Gasteiger partial charge in [-0.25, -0.2) is 4.68 Å². The molecule has 0 bridgehead atoms. The molecule has 28 heavy (non-hydrogen) atoms. The second-order valence-electron chi connectivity index (χ2n) is 7.44. The Morgan fingerprint density at radius 2 is 1.96 bits per heavy atom. The Labute approximate surface area is 169 Å². The van der Waals surface area contributed by atoms with E-state index in [1.165, 1.54) is 11.3 Å². The summed E-state index contributed by atoms with van der Waals surface area (Å²) >= 11 is 1.49. The summed E-state index contributed by atoms with van der Waals surface area (Å²) in [5, 5.41) is 8.74. The Balaban J connectivity index is 1.43. The summed E-state index contributed by atoms with van der Waals surface area (Å²) in [6.07, 6.45) is 0.483. The number of fused-ring (bicyclic) bond motifs is 1. The molecule has 6 nitrogen and oxygen atoms in total. The second kappa shape index (κ2) is 8.03. The Morgan fingerprint density at radius 3 is 2.68 bits per heavy atom. The molecule has 1 aromatic carbocycles. The lowest BCUT2D eigenvalue weighted by atomic mass is 10.2. The summed E-state index contributed by atoms with van der Waals surface area (Å²) in [4.78, 5) is 16.7. The minimum Gasteiger partial charge on any atom is -0.373 e. The van der Waals surface area contributed by atoms with Gasteiger partial charge in [0.2, 0.25) is 0 Å². The first kappa shape index (κ1) is 19.1. The molecule has 2 unspecified atom stereocenters. The van der Waals surface area contributed by atoms with Gasteiger partial charge in [0.25, 0.3) is 5.91 Å². The molecule has 1 fully saturated rings. The van der Waals surface area contributed by atoms with Crippen LogP contribution in [0.4, 0.5) is 0 Å². The largest absolute Gasteiger partial charge is 0.373 e. The van der Waals surface area contributed by atoms with Crippen molar-refractivity contribution < 1.29 is 9.53 Å². The van der Waals surface area contributed by atoms with Crippen LogP contribution in [0.25, 0.3) is 15.9 Å². The number of hydrogen-bond donors (Lipinski definition) is 1. The van der Waals surface area contributed by atoms with Gasteiger partial charge in [-0.1, -0.05) is 18.2 Å². The number of nitrogens with zero attached hydrogens (tertiary/aromatic N) is 3. The predicted molar refractivity (Wildman–Crippen MR) is 112 cm³/mol. The Bertz CT molecular complexity index is 956. The van der Waals surface area contributed by atoms with E-state index >= 15 is 0 Å². The van der Waals surface area contributed by atoms with Crippen molar-refractivity contribution in [3.05, 3.63) is 47.0 Å². The van der Waals surface area contributed by atoms with Crippen molar-refractivity contribution in [2.24, 2.45) is 0 Å². The molecule has 2 atom stereocenters. The number of amides is 1. The van der Waals surface area contributed by atoms with Gasteiger partial charge in [-0.2, -0.15) is 5.10 Å². The fourth-order valence-electron chi connectivity index (χ4n) is 3.78. The Hall–Kier alpha value is -2.22. The van der Waals surface area contributed by atoms with Gasteiger partial charge in [0.05, 0.1) is 28.5 Å². The van der Waals surface area contributed by atoms with Gasteiger partial charge in [-0.15, -0.1) is 11.3 Å². The maximum atomic E-state index is 12.7. The lowest BCUT2D eigenvalue weighted by molar-refractivity contribution is -0.0672. The molecule has 0 aliphatic carbocycles. The van der Waals surface area contributed by atoms with Gasteiger partial charge in [0.1, 0.15) is 4.83 Å². The molecule has 7 heteroatoms. The number of carbonyl (C=O) groups excluding carboxylic acids is 1. The van der Waals surface area contributed by atoms with E-state index < -0.39 is 0 Å². The lowest BCUT2D eigenvalue weighted by Gasteiger charge is -2.35. The third kappa shape index (κ3) is 3.97. The van der Waals surface area contributed by atoms with Crippen LogP contribution in [0.1, 0.15) is 29.2 Å². The normalized spacial score (nSPS) is 20.5. The number of aromatic nitrogens is 2. The number of nitrogens with one attached hydrogen (secondary N) is 1. The van der Waals surface area contributed by atoms with Crippen molar-refractivity contribution in [1.82, 2.24) is 20.0 Å². The lowest BCUT2D eigenvalue weighted by Crippen LogP contribution is -2.47. The standard InChI is InChI=1S/C21H26N4O2S/c1-14-12-24(13-15(2)27-14)10-9-22-20(26)19-11-18-16(3)23-25(21(18)28-19)17-7-5-4-6-8-17/h4-8,11,14-15H,9-10,12-13H2,1-3H3,(H,22,26). The average Bonchev–Trinajstić information content (AvgIpc) is 3.22. The van der Waals surface area contributed by atoms with Crippen molar-refractivity contribution in [1.29, 1.82) is 0 Å². The molecule has 1 amide bonds. The highest BCUT2D eigenvalue weighted by molar-refractivity contribution is 7.20. The first-order valence-corrected chi connectivity index (χ1v) is 10.5. The van der Waals surface area contributed by atoms with Crippen LogP contribution in [0.3, 0.4) is 0 Å². The molecular weight excluding hydrogens is 372 g/mol. The average molecular weight is 399 g/mol. The molecular formula is C21H26N4O2S. The third-order valence-corrected chi connectivity index (χ3v) is 6.09. The molecule has 2 aromatic heterocycles. The Morgan fingerprint density at radius 1 is 1.25 bits per heavy atom. The van der Waals surface area contributed by atoms with Crippen LogP contribution in [-0.2, 0) is 4.74 Å². The summed E-state index contributed by atoms with van der Waals surface area (Å²) in [6, 6.07) is 12.0. The maximum Gasteiger partial charge on any atom is 0.261 e. The summed E-state index contributed by atoms with van der Waals surface area (Å²) in [6.45, 7) is 9.47. The molecule has 1 aliphatic rings. The number of carbonyl (C=O) groups is 1. The third-order valence-electron chi connectivity index (χ3n) is 4.98. The number of rotatable bonds is 5. The zero-order valence-electron chi connectivity index (χ0n) is 16.5. The quantitative estimate of drug-likeness (QED) is 0.717. The fraction of sp³-hybridized carbons (Fsp3) is 0.429. The molecule has 0 spiro atoms. The summed E-state index contributed by atoms with van der Waals surface area (Å²) < 4.78 is 7.68. The van der Waals surface area contributed by atoms with Crippen LogP contribution in [0.15, 0.2) is 36.4 Å². The van der Waals surface area contributed by atoms with Crippen LogP contribution < -0.4 is 5.32 Å². The number of morpholine rings is 1. The van der Waals surface area contributed by atoms with E-state index in [4.69, 9.17) is 4.74 Å².